The van der Waals surface area contributed by atoms with Crippen LogP contribution in [0.25, 0.3) is 0 Å². The molecule has 4 heteroatoms. The Kier molecular flexibility index (Phi) is 4.23. The van der Waals surface area contributed by atoms with Crippen molar-refractivity contribution in [1.82, 2.24) is 10.6 Å². The normalized spacial score (nSPS) is 15.0. The number of hydrogen-bond donors (Lipinski definition) is 4. The van der Waals surface area contributed by atoms with Crippen LogP contribution in [-0.4, -0.2) is 24.3 Å². The molecule has 0 aliphatic rings. The zero-order valence-corrected chi connectivity index (χ0v) is 9.28. The Hall–Kier alpha value is -0.940. The quantitative estimate of drug-likeness (QED) is 0.544. The van der Waals surface area contributed by atoms with E-state index >= 15 is 0 Å². The summed E-state index contributed by atoms with van der Waals surface area (Å²) in [6, 6.07) is 5.57. The summed E-state index contributed by atoms with van der Waals surface area (Å²) in [5.74, 6) is 0. The van der Waals surface area contributed by atoms with Crippen LogP contribution in [0.15, 0.2) is 18.2 Å². The molecule has 0 saturated carbocycles. The van der Waals surface area contributed by atoms with Crippen LogP contribution in [0.4, 0.5) is 0 Å². The highest BCUT2D eigenvalue weighted by atomic mass is 16.3. The summed E-state index contributed by atoms with van der Waals surface area (Å²) in [5.41, 5.74) is 2.43. The molecule has 15 heavy (non-hydrogen) atoms. The lowest BCUT2D eigenvalue weighted by atomic mass is 10.0. The van der Waals surface area contributed by atoms with Gasteiger partial charge in [-0.1, -0.05) is 23.8 Å². The number of aliphatic hydroxyl groups excluding tert-OH is 2. The molecule has 1 rings (SSSR count). The molecule has 1 aromatic carbocycles. The highest BCUT2D eigenvalue weighted by molar-refractivity contribution is 5.34. The van der Waals surface area contributed by atoms with E-state index in [-0.39, 0.29) is 0 Å². The van der Waals surface area contributed by atoms with Crippen LogP contribution in [-0.2, 0) is 0 Å². The maximum atomic E-state index is 9.73. The van der Waals surface area contributed by atoms with Crippen molar-refractivity contribution in [2.24, 2.45) is 0 Å². The minimum absolute atomic E-state index is 0.685. The highest BCUT2D eigenvalue weighted by Crippen LogP contribution is 2.22. The average Bonchev–Trinajstić information content (AvgIpc) is 2.26. The number of rotatable bonds is 4. The van der Waals surface area contributed by atoms with Crippen molar-refractivity contribution in [1.29, 1.82) is 0 Å². The number of hydrogen-bond acceptors (Lipinski definition) is 4. The van der Waals surface area contributed by atoms with Crippen molar-refractivity contribution < 1.29 is 10.2 Å². The van der Waals surface area contributed by atoms with E-state index in [9.17, 15) is 10.2 Å². The summed E-state index contributed by atoms with van der Waals surface area (Å²) in [6.07, 6.45) is -1.52. The topological polar surface area (TPSA) is 64.5 Å². The van der Waals surface area contributed by atoms with Crippen molar-refractivity contribution in [3.63, 3.8) is 0 Å². The Bertz CT molecular complexity index is 328. The molecule has 0 fully saturated rings. The van der Waals surface area contributed by atoms with Gasteiger partial charge in [-0.15, -0.1) is 0 Å². The van der Waals surface area contributed by atoms with Gasteiger partial charge in [0.2, 0.25) is 0 Å². The molecule has 0 bridgehead atoms. The average molecular weight is 210 g/mol. The third kappa shape index (κ3) is 2.76. The zero-order chi connectivity index (χ0) is 11.4. The molecule has 0 aromatic heterocycles. The van der Waals surface area contributed by atoms with Crippen molar-refractivity contribution in [2.45, 2.75) is 19.4 Å². The van der Waals surface area contributed by atoms with E-state index in [1.54, 1.807) is 14.1 Å². The molecule has 84 valence electrons. The van der Waals surface area contributed by atoms with Gasteiger partial charge in [0.15, 0.2) is 0 Å². The zero-order valence-electron chi connectivity index (χ0n) is 9.28. The Balaban J connectivity index is 3.14. The molecule has 0 aliphatic carbocycles. The smallest absolute Gasteiger partial charge is 0.131 e. The molecule has 2 atom stereocenters. The maximum absolute atomic E-state index is 9.73. The first-order valence-electron chi connectivity index (χ1n) is 4.91. The van der Waals surface area contributed by atoms with Gasteiger partial charge in [0.1, 0.15) is 12.5 Å². The summed E-state index contributed by atoms with van der Waals surface area (Å²) in [5, 5.41) is 24.9. The molecule has 4 nitrogen and oxygen atoms in total. The second-order valence-electron chi connectivity index (χ2n) is 3.51. The molecule has 0 aliphatic heterocycles. The molecule has 1 aromatic rings. The Morgan fingerprint density at radius 3 is 2.07 bits per heavy atom. The second kappa shape index (κ2) is 5.23. The molecule has 0 heterocycles. The van der Waals surface area contributed by atoms with Crippen LogP contribution in [0.1, 0.15) is 29.1 Å². The van der Waals surface area contributed by atoms with Crippen LogP contribution in [0, 0.1) is 6.92 Å². The first-order valence-corrected chi connectivity index (χ1v) is 4.91. The Morgan fingerprint density at radius 2 is 1.53 bits per heavy atom. The van der Waals surface area contributed by atoms with Gasteiger partial charge < -0.3 is 10.2 Å². The second-order valence-corrected chi connectivity index (χ2v) is 3.51. The standard InChI is InChI=1S/C11H18N2O2/c1-7-4-5-8(10(14)12-2)9(6-7)11(15)13-3/h4-6,10-15H,1-3H3. The third-order valence-electron chi connectivity index (χ3n) is 2.38. The fourth-order valence-electron chi connectivity index (χ4n) is 1.49. The molecule has 0 spiro atoms. The minimum atomic E-state index is -0.761. The van der Waals surface area contributed by atoms with E-state index in [2.05, 4.69) is 10.6 Å². The lowest BCUT2D eigenvalue weighted by Gasteiger charge is -2.19. The lowest BCUT2D eigenvalue weighted by molar-refractivity contribution is 0.125. The van der Waals surface area contributed by atoms with Crippen LogP contribution in [0.2, 0.25) is 0 Å². The summed E-state index contributed by atoms with van der Waals surface area (Å²) < 4.78 is 0. The van der Waals surface area contributed by atoms with Gasteiger partial charge in [0.05, 0.1) is 0 Å². The summed E-state index contributed by atoms with van der Waals surface area (Å²) in [6.45, 7) is 1.95. The first kappa shape index (κ1) is 12.1. The van der Waals surface area contributed by atoms with Gasteiger partial charge in [0, 0.05) is 11.1 Å². The minimum Gasteiger partial charge on any atom is -0.374 e. The summed E-state index contributed by atoms with van der Waals surface area (Å²) >= 11 is 0. The van der Waals surface area contributed by atoms with Crippen LogP contribution >= 0.6 is 0 Å². The number of aryl methyl sites for hydroxylation is 1. The monoisotopic (exact) mass is 210 g/mol. The Labute approximate surface area is 89.9 Å². The van der Waals surface area contributed by atoms with E-state index in [1.807, 2.05) is 25.1 Å². The van der Waals surface area contributed by atoms with Gasteiger partial charge in [0.25, 0.3) is 0 Å². The summed E-state index contributed by atoms with van der Waals surface area (Å²) in [4.78, 5) is 0. The predicted molar refractivity (Wildman–Crippen MR) is 59.2 cm³/mol. The SMILES string of the molecule is CNC(O)c1ccc(C)cc1C(O)NC. The molecular formula is C11H18N2O2. The van der Waals surface area contributed by atoms with Gasteiger partial charge >= 0.3 is 0 Å². The Morgan fingerprint density at radius 1 is 1.00 bits per heavy atom. The van der Waals surface area contributed by atoms with Crippen LogP contribution in [0.5, 0.6) is 0 Å². The van der Waals surface area contributed by atoms with Gasteiger partial charge in [-0.2, -0.15) is 0 Å². The molecule has 2 unspecified atom stereocenters. The first-order chi connectivity index (χ1) is 7.10. The number of nitrogens with one attached hydrogen (secondary N) is 2. The lowest BCUT2D eigenvalue weighted by Crippen LogP contribution is -2.22. The van der Waals surface area contributed by atoms with Crippen LogP contribution in [0.3, 0.4) is 0 Å². The molecule has 4 N–H and O–H groups in total. The molecule has 0 amide bonds. The summed E-state index contributed by atoms with van der Waals surface area (Å²) in [7, 11) is 3.34. The molecule has 0 saturated heterocycles. The van der Waals surface area contributed by atoms with Gasteiger partial charge in [-0.25, -0.2) is 0 Å². The van der Waals surface area contributed by atoms with Crippen molar-refractivity contribution >= 4 is 0 Å². The van der Waals surface area contributed by atoms with Crippen molar-refractivity contribution in [2.75, 3.05) is 14.1 Å². The largest absolute Gasteiger partial charge is 0.374 e. The van der Waals surface area contributed by atoms with E-state index in [0.29, 0.717) is 11.1 Å². The molecule has 0 radical (unpaired) electrons. The van der Waals surface area contributed by atoms with E-state index in [4.69, 9.17) is 0 Å². The molecular weight excluding hydrogens is 192 g/mol. The van der Waals surface area contributed by atoms with E-state index in [0.717, 1.165) is 5.56 Å². The third-order valence-corrected chi connectivity index (χ3v) is 2.38. The highest BCUT2D eigenvalue weighted by Gasteiger charge is 2.15. The van der Waals surface area contributed by atoms with Gasteiger partial charge in [-0.3, -0.25) is 10.6 Å². The van der Waals surface area contributed by atoms with Crippen molar-refractivity contribution in [3.05, 3.63) is 34.9 Å². The van der Waals surface area contributed by atoms with Gasteiger partial charge in [-0.05, 0) is 21.0 Å². The predicted octanol–water partition coefficient (Wildman–Crippen LogP) is 0.416. The maximum Gasteiger partial charge on any atom is 0.131 e. The number of aliphatic hydroxyl groups is 2. The van der Waals surface area contributed by atoms with E-state index < -0.39 is 12.5 Å². The number of benzene rings is 1. The van der Waals surface area contributed by atoms with E-state index in [1.165, 1.54) is 0 Å². The fraction of sp³-hybridized carbons (Fsp3) is 0.455. The fourth-order valence-corrected chi connectivity index (χ4v) is 1.49. The van der Waals surface area contributed by atoms with Crippen LogP contribution < -0.4 is 10.6 Å². The van der Waals surface area contributed by atoms with Crippen molar-refractivity contribution in [3.8, 4) is 0 Å².